The van der Waals surface area contributed by atoms with E-state index in [0.717, 1.165) is 32.5 Å². The molecule has 0 radical (unpaired) electrons. The molecule has 6 heteroatoms. The Morgan fingerprint density at radius 2 is 1.71 bits per heavy atom. The molecule has 3 aromatic heterocycles. The van der Waals surface area contributed by atoms with Gasteiger partial charge >= 0.3 is 0 Å². The molecule has 0 amide bonds. The fraction of sp³-hybridized carbons (Fsp3) is 0.143. The zero-order valence-electron chi connectivity index (χ0n) is 19.2. The second-order valence-corrected chi connectivity index (χ2v) is 9.93. The van der Waals surface area contributed by atoms with Gasteiger partial charge in [-0.05, 0) is 56.2 Å². The summed E-state index contributed by atoms with van der Waals surface area (Å²) in [6.07, 6.45) is 5.50. The van der Waals surface area contributed by atoms with E-state index >= 15 is 0 Å². The van der Waals surface area contributed by atoms with Crippen LogP contribution in [0.1, 0.15) is 31.2 Å². The number of rotatable bonds is 3. The number of nitrogens with zero attached hydrogens (tertiary/aromatic N) is 3. The molecule has 0 aliphatic carbocycles. The maximum Gasteiger partial charge on any atom is 0.157 e. The van der Waals surface area contributed by atoms with Crippen LogP contribution < -0.4 is 5.32 Å². The van der Waals surface area contributed by atoms with Gasteiger partial charge in [0.1, 0.15) is 11.5 Å². The molecule has 34 heavy (non-hydrogen) atoms. The van der Waals surface area contributed by atoms with Gasteiger partial charge in [0.2, 0.25) is 0 Å². The highest BCUT2D eigenvalue weighted by atomic mass is 35.5. The average Bonchev–Trinajstić information content (AvgIpc) is 3.42. The second kappa shape index (κ2) is 9.72. The van der Waals surface area contributed by atoms with Gasteiger partial charge in [-0.3, -0.25) is 9.38 Å². The summed E-state index contributed by atoms with van der Waals surface area (Å²) in [4.78, 5) is 11.2. The Morgan fingerprint density at radius 1 is 0.912 bits per heavy atom. The van der Waals surface area contributed by atoms with E-state index in [0.29, 0.717) is 0 Å². The fourth-order valence-electron chi connectivity index (χ4n) is 3.63. The minimum absolute atomic E-state index is 0. The molecule has 5 rings (SSSR count). The minimum atomic E-state index is -0.0996. The van der Waals surface area contributed by atoms with Crippen LogP contribution in [0.5, 0.6) is 0 Å². The lowest BCUT2D eigenvalue weighted by Crippen LogP contribution is -2.27. The van der Waals surface area contributed by atoms with Crippen LogP contribution in [-0.2, 0) is 0 Å². The van der Waals surface area contributed by atoms with Gasteiger partial charge in [0, 0.05) is 23.5 Å². The smallest absolute Gasteiger partial charge is 0.157 e. The number of thiophene rings is 1. The quantitative estimate of drug-likeness (QED) is 0.276. The van der Waals surface area contributed by atoms with Crippen molar-refractivity contribution in [3.63, 3.8) is 0 Å². The van der Waals surface area contributed by atoms with Crippen molar-refractivity contribution in [3.05, 3.63) is 95.8 Å². The van der Waals surface area contributed by atoms with E-state index < -0.39 is 0 Å². The summed E-state index contributed by atoms with van der Waals surface area (Å²) >= 11 is 1.65. The van der Waals surface area contributed by atoms with Crippen molar-refractivity contribution in [1.29, 1.82) is 0 Å². The lowest BCUT2D eigenvalue weighted by Gasteiger charge is -2.22. The molecule has 0 aliphatic heterocycles. The molecule has 4 nitrogen and oxygen atoms in total. The summed E-state index contributed by atoms with van der Waals surface area (Å²) in [5.74, 6) is 7.63. The molecule has 170 valence electrons. The van der Waals surface area contributed by atoms with Gasteiger partial charge in [-0.15, -0.1) is 23.7 Å². The summed E-state index contributed by atoms with van der Waals surface area (Å²) in [5, 5.41) is 3.60. The van der Waals surface area contributed by atoms with Gasteiger partial charge in [0.25, 0.3) is 0 Å². The predicted molar refractivity (Wildman–Crippen MR) is 145 cm³/mol. The van der Waals surface area contributed by atoms with E-state index in [1.54, 1.807) is 23.7 Å². The summed E-state index contributed by atoms with van der Waals surface area (Å²) in [6.45, 7) is 6.44. The highest BCUT2D eigenvalue weighted by molar-refractivity contribution is 7.16. The molecule has 0 spiro atoms. The summed E-state index contributed by atoms with van der Waals surface area (Å²) in [5.41, 5.74) is 5.00. The Hall–Kier alpha value is -3.59. The molecule has 2 aromatic carbocycles. The van der Waals surface area contributed by atoms with Crippen LogP contribution in [-0.4, -0.2) is 19.9 Å². The second-order valence-electron chi connectivity index (χ2n) is 8.85. The molecular weight excluding hydrogens is 460 g/mol. The third kappa shape index (κ3) is 5.14. The van der Waals surface area contributed by atoms with Crippen LogP contribution in [0, 0.1) is 11.8 Å². The van der Waals surface area contributed by atoms with Crippen molar-refractivity contribution in [3.8, 4) is 33.5 Å². The molecular formula is C28H25ClN4S. The monoisotopic (exact) mass is 484 g/mol. The molecule has 0 saturated carbocycles. The first-order valence-electron chi connectivity index (χ1n) is 10.8. The molecule has 0 atom stereocenters. The molecule has 0 saturated heterocycles. The molecule has 0 unspecified atom stereocenters. The van der Waals surface area contributed by atoms with Crippen LogP contribution in [0.15, 0.2) is 85.3 Å². The topological polar surface area (TPSA) is 42.2 Å². The lowest BCUT2D eigenvalue weighted by atomic mass is 10.0. The van der Waals surface area contributed by atoms with Gasteiger partial charge in [0.05, 0.1) is 16.0 Å². The molecule has 5 aromatic rings. The molecule has 0 fully saturated rings. The Balaban J connectivity index is 0.00000274. The van der Waals surface area contributed by atoms with Crippen LogP contribution in [0.25, 0.3) is 27.3 Å². The summed E-state index contributed by atoms with van der Waals surface area (Å²) < 4.78 is 2.05. The summed E-state index contributed by atoms with van der Waals surface area (Å²) in [6, 6.07) is 22.9. The van der Waals surface area contributed by atoms with E-state index in [9.17, 15) is 0 Å². The highest BCUT2D eigenvalue weighted by Crippen LogP contribution is 2.34. The molecule has 3 heterocycles. The maximum absolute atomic E-state index is 4.84. The first-order chi connectivity index (χ1) is 16.0. The third-order valence-corrected chi connectivity index (χ3v) is 6.07. The number of hydrogen-bond donors (Lipinski definition) is 1. The van der Waals surface area contributed by atoms with Gasteiger partial charge in [0.15, 0.2) is 5.65 Å². The number of aromatic nitrogens is 3. The number of anilines is 1. The van der Waals surface area contributed by atoms with E-state index in [2.05, 4.69) is 104 Å². The predicted octanol–water partition coefficient (Wildman–Crippen LogP) is 7.16. The highest BCUT2D eigenvalue weighted by Gasteiger charge is 2.20. The SMILES string of the molecule is CC(C)(C)Nc1c(-c2ccc(C#Cc3cccc(-c4ccccc4)c3)s2)nc2cnccn12.Cl. The van der Waals surface area contributed by atoms with Gasteiger partial charge in [-0.25, -0.2) is 4.98 Å². The fourth-order valence-corrected chi connectivity index (χ4v) is 4.48. The average molecular weight is 485 g/mol. The van der Waals surface area contributed by atoms with Gasteiger partial charge in [-0.1, -0.05) is 54.3 Å². The van der Waals surface area contributed by atoms with Crippen molar-refractivity contribution in [1.82, 2.24) is 14.4 Å². The first kappa shape index (κ1) is 23.6. The zero-order chi connectivity index (χ0) is 22.8. The maximum atomic E-state index is 4.84. The normalized spacial score (nSPS) is 10.9. The number of imidazole rings is 1. The Morgan fingerprint density at radius 3 is 2.50 bits per heavy atom. The van der Waals surface area contributed by atoms with Crippen molar-refractivity contribution in [2.45, 2.75) is 26.3 Å². The Kier molecular flexibility index (Phi) is 6.74. The number of fused-ring (bicyclic) bond motifs is 1. The third-order valence-electron chi connectivity index (χ3n) is 5.06. The van der Waals surface area contributed by atoms with E-state index in [-0.39, 0.29) is 17.9 Å². The van der Waals surface area contributed by atoms with Crippen molar-refractivity contribution >= 4 is 35.2 Å². The van der Waals surface area contributed by atoms with E-state index in [4.69, 9.17) is 4.98 Å². The molecule has 0 bridgehead atoms. The first-order valence-corrected chi connectivity index (χ1v) is 11.7. The number of hydrogen-bond acceptors (Lipinski definition) is 4. The molecule has 0 aliphatic rings. The van der Waals surface area contributed by atoms with Crippen LogP contribution in [0.2, 0.25) is 0 Å². The number of benzene rings is 2. The Labute approximate surface area is 210 Å². The largest absolute Gasteiger partial charge is 0.365 e. The van der Waals surface area contributed by atoms with Crippen LogP contribution in [0.3, 0.4) is 0 Å². The van der Waals surface area contributed by atoms with Crippen molar-refractivity contribution < 1.29 is 0 Å². The molecule has 1 N–H and O–H groups in total. The number of halogens is 1. The number of nitrogens with one attached hydrogen (secondary N) is 1. The minimum Gasteiger partial charge on any atom is -0.365 e. The standard InChI is InChI=1S/C28H24N4S.ClH/c1-28(2,3)31-27-26(30-25-19-29-16-17-32(25)27)24-15-14-23(33-24)13-12-20-8-7-11-22(18-20)21-9-5-4-6-10-21;/h4-11,14-19,31H,1-3H3;1H. The van der Waals surface area contributed by atoms with Gasteiger partial charge in [-0.2, -0.15) is 0 Å². The van der Waals surface area contributed by atoms with E-state index in [1.807, 2.05) is 16.7 Å². The van der Waals surface area contributed by atoms with E-state index in [1.165, 1.54) is 11.1 Å². The van der Waals surface area contributed by atoms with Gasteiger partial charge < -0.3 is 5.32 Å². The van der Waals surface area contributed by atoms with Crippen LogP contribution in [0.4, 0.5) is 5.82 Å². The van der Waals surface area contributed by atoms with Crippen LogP contribution >= 0.6 is 23.7 Å². The van der Waals surface area contributed by atoms with Crippen molar-refractivity contribution in [2.75, 3.05) is 5.32 Å². The Bertz CT molecular complexity index is 1480. The van der Waals surface area contributed by atoms with Crippen molar-refractivity contribution in [2.24, 2.45) is 0 Å². The lowest BCUT2D eigenvalue weighted by molar-refractivity contribution is 0.629. The summed E-state index contributed by atoms with van der Waals surface area (Å²) in [7, 11) is 0. The zero-order valence-corrected chi connectivity index (χ0v) is 20.9.